The Bertz CT molecular complexity index is 1170. The van der Waals surface area contributed by atoms with Gasteiger partial charge in [0.2, 0.25) is 0 Å². The molecule has 0 saturated heterocycles. The van der Waals surface area contributed by atoms with Gasteiger partial charge in [-0.25, -0.2) is 9.97 Å². The van der Waals surface area contributed by atoms with E-state index in [0.29, 0.717) is 17.8 Å². The van der Waals surface area contributed by atoms with E-state index in [-0.39, 0.29) is 11.9 Å². The van der Waals surface area contributed by atoms with Gasteiger partial charge in [0, 0.05) is 56.1 Å². The zero-order chi connectivity index (χ0) is 21.1. The van der Waals surface area contributed by atoms with Crippen LogP contribution in [0.4, 0.5) is 5.82 Å². The normalized spacial score (nSPS) is 12.0. The number of benzene rings is 1. The van der Waals surface area contributed by atoms with E-state index in [2.05, 4.69) is 31.3 Å². The Morgan fingerprint density at radius 3 is 2.77 bits per heavy atom. The van der Waals surface area contributed by atoms with E-state index in [4.69, 9.17) is 0 Å². The number of para-hydroxylation sites is 1. The summed E-state index contributed by atoms with van der Waals surface area (Å²) < 4.78 is 0. The number of hydrogen-bond acceptors (Lipinski definition) is 5. The lowest BCUT2D eigenvalue weighted by molar-refractivity contribution is 0.0935. The predicted molar refractivity (Wildman–Crippen MR) is 118 cm³/mol. The summed E-state index contributed by atoms with van der Waals surface area (Å²) in [6, 6.07) is 13.2. The van der Waals surface area contributed by atoms with Crippen LogP contribution in [0.3, 0.4) is 0 Å². The zero-order valence-electron chi connectivity index (χ0n) is 17.3. The van der Waals surface area contributed by atoms with Crippen molar-refractivity contribution in [2.45, 2.75) is 19.4 Å². The minimum atomic E-state index is -0.322. The molecule has 152 valence electrons. The van der Waals surface area contributed by atoms with Crippen molar-refractivity contribution in [2.75, 3.05) is 19.0 Å². The molecule has 1 amide bonds. The average molecular weight is 400 g/mol. The summed E-state index contributed by atoms with van der Waals surface area (Å²) in [4.78, 5) is 31.3. The van der Waals surface area contributed by atoms with E-state index in [0.717, 1.165) is 28.0 Å². The zero-order valence-corrected chi connectivity index (χ0v) is 17.3. The SMILES string of the molecule is Cc1nc([C@@H](Cc2c[nH]c3ccccc23)NC(=O)c2cccnc2)cc(N(C)C)n1. The van der Waals surface area contributed by atoms with Crippen molar-refractivity contribution < 1.29 is 4.79 Å². The van der Waals surface area contributed by atoms with Crippen LogP contribution < -0.4 is 10.2 Å². The van der Waals surface area contributed by atoms with Gasteiger partial charge >= 0.3 is 0 Å². The van der Waals surface area contributed by atoms with Gasteiger partial charge in [0.15, 0.2) is 0 Å². The second-order valence-electron chi connectivity index (χ2n) is 7.42. The maximum atomic E-state index is 12.9. The molecule has 0 fully saturated rings. The Morgan fingerprint density at radius 2 is 2.00 bits per heavy atom. The number of rotatable bonds is 6. The van der Waals surface area contributed by atoms with Crippen molar-refractivity contribution >= 4 is 22.6 Å². The molecule has 0 aliphatic heterocycles. The van der Waals surface area contributed by atoms with Crippen molar-refractivity contribution in [3.63, 3.8) is 0 Å². The lowest BCUT2D eigenvalue weighted by Gasteiger charge is -2.21. The number of H-pyrrole nitrogens is 1. The summed E-state index contributed by atoms with van der Waals surface area (Å²) in [5.41, 5.74) is 3.47. The highest BCUT2D eigenvalue weighted by Gasteiger charge is 2.21. The fourth-order valence-electron chi connectivity index (χ4n) is 3.47. The largest absolute Gasteiger partial charge is 0.363 e. The summed E-state index contributed by atoms with van der Waals surface area (Å²) >= 11 is 0. The fraction of sp³-hybridized carbons (Fsp3) is 0.217. The van der Waals surface area contributed by atoms with Crippen molar-refractivity contribution in [1.82, 2.24) is 25.3 Å². The Kier molecular flexibility index (Phi) is 5.43. The molecule has 0 aliphatic carbocycles. The molecule has 0 unspecified atom stereocenters. The molecule has 1 aromatic carbocycles. The van der Waals surface area contributed by atoms with E-state index in [1.165, 1.54) is 0 Å². The van der Waals surface area contributed by atoms with Crippen molar-refractivity contribution in [3.8, 4) is 0 Å². The lowest BCUT2D eigenvalue weighted by Crippen LogP contribution is -2.31. The number of aromatic nitrogens is 4. The van der Waals surface area contributed by atoms with Crippen LogP contribution in [-0.2, 0) is 6.42 Å². The summed E-state index contributed by atoms with van der Waals surface area (Å²) in [7, 11) is 3.88. The van der Waals surface area contributed by atoms with Gasteiger partial charge in [-0.1, -0.05) is 18.2 Å². The second kappa shape index (κ2) is 8.32. The molecular weight excluding hydrogens is 376 g/mol. The Balaban J connectivity index is 1.72. The fourth-order valence-corrected chi connectivity index (χ4v) is 3.47. The van der Waals surface area contributed by atoms with Gasteiger partial charge < -0.3 is 15.2 Å². The van der Waals surface area contributed by atoms with E-state index >= 15 is 0 Å². The average Bonchev–Trinajstić information content (AvgIpc) is 3.16. The van der Waals surface area contributed by atoms with Crippen LogP contribution in [0.5, 0.6) is 0 Å². The minimum Gasteiger partial charge on any atom is -0.363 e. The van der Waals surface area contributed by atoms with Crippen LogP contribution in [-0.4, -0.2) is 39.9 Å². The van der Waals surface area contributed by atoms with Gasteiger partial charge in [0.1, 0.15) is 11.6 Å². The third-order valence-electron chi connectivity index (χ3n) is 4.99. The number of carbonyl (C=O) groups is 1. The highest BCUT2D eigenvalue weighted by Crippen LogP contribution is 2.25. The number of nitrogens with one attached hydrogen (secondary N) is 2. The van der Waals surface area contributed by atoms with Crippen LogP contribution in [0, 0.1) is 6.92 Å². The number of nitrogens with zero attached hydrogens (tertiary/aromatic N) is 4. The van der Waals surface area contributed by atoms with Crippen LogP contribution in [0.15, 0.2) is 61.1 Å². The van der Waals surface area contributed by atoms with Crippen LogP contribution in [0.25, 0.3) is 10.9 Å². The summed E-state index contributed by atoms with van der Waals surface area (Å²) in [5.74, 6) is 1.28. The highest BCUT2D eigenvalue weighted by molar-refractivity contribution is 5.94. The molecule has 7 nitrogen and oxygen atoms in total. The molecule has 0 aliphatic rings. The van der Waals surface area contributed by atoms with Gasteiger partial charge in [-0.15, -0.1) is 0 Å². The van der Waals surface area contributed by atoms with E-state index in [1.54, 1.807) is 24.5 Å². The molecule has 4 rings (SSSR count). The summed E-state index contributed by atoms with van der Waals surface area (Å²) in [6.07, 6.45) is 5.81. The number of carbonyl (C=O) groups excluding carboxylic acids is 1. The quantitative estimate of drug-likeness (QED) is 0.518. The Morgan fingerprint density at radius 1 is 1.17 bits per heavy atom. The maximum absolute atomic E-state index is 12.9. The lowest BCUT2D eigenvalue weighted by atomic mass is 10.0. The number of hydrogen-bond donors (Lipinski definition) is 2. The number of aromatic amines is 1. The second-order valence-corrected chi connectivity index (χ2v) is 7.42. The Labute approximate surface area is 175 Å². The van der Waals surface area contributed by atoms with Gasteiger partial charge in [-0.05, 0) is 30.7 Å². The third kappa shape index (κ3) is 4.15. The molecular formula is C23H24N6O. The molecule has 0 spiro atoms. The van der Waals surface area contributed by atoms with E-state index < -0.39 is 0 Å². The Hall–Kier alpha value is -3.74. The number of amides is 1. The summed E-state index contributed by atoms with van der Waals surface area (Å²) in [6.45, 7) is 1.86. The van der Waals surface area contributed by atoms with Crippen molar-refractivity contribution in [2.24, 2.45) is 0 Å². The number of fused-ring (bicyclic) bond motifs is 1. The first kappa shape index (κ1) is 19.6. The monoisotopic (exact) mass is 400 g/mol. The maximum Gasteiger partial charge on any atom is 0.253 e. The van der Waals surface area contributed by atoms with Crippen molar-refractivity contribution in [3.05, 3.63) is 83.7 Å². The number of anilines is 1. The van der Waals surface area contributed by atoms with Gasteiger partial charge in [0.25, 0.3) is 5.91 Å². The highest BCUT2D eigenvalue weighted by atomic mass is 16.1. The van der Waals surface area contributed by atoms with Crippen LogP contribution >= 0.6 is 0 Å². The van der Waals surface area contributed by atoms with Gasteiger partial charge in [-0.3, -0.25) is 9.78 Å². The third-order valence-corrected chi connectivity index (χ3v) is 4.99. The van der Waals surface area contributed by atoms with Gasteiger partial charge in [0.05, 0.1) is 17.3 Å². The van der Waals surface area contributed by atoms with Crippen molar-refractivity contribution in [1.29, 1.82) is 0 Å². The first-order valence-electron chi connectivity index (χ1n) is 9.80. The molecule has 30 heavy (non-hydrogen) atoms. The smallest absolute Gasteiger partial charge is 0.253 e. The molecule has 0 saturated carbocycles. The molecule has 1 atom stereocenters. The topological polar surface area (TPSA) is 86.8 Å². The molecule has 4 aromatic rings. The first-order valence-corrected chi connectivity index (χ1v) is 9.80. The molecule has 0 radical (unpaired) electrons. The first-order chi connectivity index (χ1) is 14.5. The molecule has 2 N–H and O–H groups in total. The minimum absolute atomic E-state index is 0.185. The molecule has 3 heterocycles. The molecule has 3 aromatic heterocycles. The van der Waals surface area contributed by atoms with Crippen LogP contribution in [0.1, 0.15) is 33.5 Å². The van der Waals surface area contributed by atoms with Gasteiger partial charge in [-0.2, -0.15) is 0 Å². The van der Waals surface area contributed by atoms with E-state index in [9.17, 15) is 4.79 Å². The molecule has 7 heteroatoms. The van der Waals surface area contributed by atoms with E-state index in [1.807, 2.05) is 56.4 Å². The van der Waals surface area contributed by atoms with Crippen LogP contribution in [0.2, 0.25) is 0 Å². The number of pyridine rings is 1. The standard InChI is InChI=1S/C23H24N6O/c1-15-26-21(12-22(27-15)29(2)3)20(28-23(30)16-7-6-10-24-13-16)11-17-14-25-19-9-5-4-8-18(17)19/h4-10,12-14,20,25H,11H2,1-3H3,(H,28,30)/t20-/m1/s1. The molecule has 0 bridgehead atoms. The number of aryl methyl sites for hydroxylation is 1. The summed E-state index contributed by atoms with van der Waals surface area (Å²) in [5, 5.41) is 4.28. The predicted octanol–water partition coefficient (Wildman–Crippen LogP) is 3.44.